The molecule has 0 aliphatic rings. The van der Waals surface area contributed by atoms with Crippen LogP contribution in [0.5, 0.6) is 0 Å². The normalized spacial score (nSPS) is 11.9. The van der Waals surface area contributed by atoms with Gasteiger partial charge in [-0.3, -0.25) is 9.59 Å². The number of thioether (sulfide) groups is 1. The highest BCUT2D eigenvalue weighted by molar-refractivity contribution is 8.00. The minimum atomic E-state index is -0.446. The van der Waals surface area contributed by atoms with E-state index in [9.17, 15) is 9.59 Å². The van der Waals surface area contributed by atoms with E-state index in [0.717, 1.165) is 11.3 Å². The fourth-order valence-corrected chi connectivity index (χ4v) is 3.97. The van der Waals surface area contributed by atoms with Gasteiger partial charge in [0.25, 0.3) is 0 Å². The van der Waals surface area contributed by atoms with Crippen LogP contribution in [0, 0.1) is 12.8 Å². The molecule has 4 nitrogen and oxygen atoms in total. The van der Waals surface area contributed by atoms with Crippen molar-refractivity contribution < 1.29 is 9.59 Å². The van der Waals surface area contributed by atoms with E-state index in [1.54, 1.807) is 4.90 Å². The molecule has 0 heterocycles. The molecule has 0 saturated heterocycles. The Labute approximate surface area is 185 Å². The second kappa shape index (κ2) is 12.4. The van der Waals surface area contributed by atoms with Gasteiger partial charge in [-0.05, 0) is 43.4 Å². The molecule has 1 atom stereocenters. The van der Waals surface area contributed by atoms with Crippen molar-refractivity contribution >= 4 is 23.6 Å². The van der Waals surface area contributed by atoms with Crippen molar-refractivity contribution in [3.05, 3.63) is 65.7 Å². The zero-order chi connectivity index (χ0) is 21.9. The third-order valence-corrected chi connectivity index (χ3v) is 5.93. The van der Waals surface area contributed by atoms with Crippen molar-refractivity contribution in [3.63, 3.8) is 0 Å². The van der Waals surface area contributed by atoms with Gasteiger partial charge in [-0.2, -0.15) is 0 Å². The first kappa shape index (κ1) is 24.0. The molecule has 0 aromatic heterocycles. The van der Waals surface area contributed by atoms with E-state index < -0.39 is 6.04 Å². The third kappa shape index (κ3) is 7.86. The SMILES string of the molecule is CCC(C(=O)NCC(C)C)N(CCc1ccccc1)C(=O)CSc1ccc(C)cc1. The minimum Gasteiger partial charge on any atom is -0.354 e. The molecule has 0 saturated carbocycles. The highest BCUT2D eigenvalue weighted by Crippen LogP contribution is 2.20. The summed E-state index contributed by atoms with van der Waals surface area (Å²) in [5.74, 6) is 0.638. The number of aryl methyl sites for hydroxylation is 1. The van der Waals surface area contributed by atoms with Crippen LogP contribution in [0.1, 0.15) is 38.3 Å². The van der Waals surface area contributed by atoms with Crippen molar-refractivity contribution in [2.45, 2.75) is 51.5 Å². The monoisotopic (exact) mass is 426 g/mol. The molecule has 0 bridgehead atoms. The zero-order valence-corrected chi connectivity index (χ0v) is 19.4. The zero-order valence-electron chi connectivity index (χ0n) is 18.6. The Morgan fingerprint density at radius 1 is 1.03 bits per heavy atom. The minimum absolute atomic E-state index is 0.00283. The molecule has 0 radical (unpaired) electrons. The van der Waals surface area contributed by atoms with Crippen LogP contribution in [-0.4, -0.2) is 41.6 Å². The van der Waals surface area contributed by atoms with Gasteiger partial charge in [0.15, 0.2) is 0 Å². The van der Waals surface area contributed by atoms with E-state index in [4.69, 9.17) is 0 Å². The van der Waals surface area contributed by atoms with E-state index in [1.807, 2.05) is 56.3 Å². The molecule has 2 aromatic carbocycles. The Morgan fingerprint density at radius 2 is 1.70 bits per heavy atom. The maximum atomic E-state index is 13.2. The standard InChI is InChI=1S/C25H34N2O2S/c1-5-23(25(29)26-17-19(2)3)27(16-15-21-9-7-6-8-10-21)24(28)18-30-22-13-11-20(4)12-14-22/h6-14,19,23H,5,15-18H2,1-4H3,(H,26,29). The maximum Gasteiger partial charge on any atom is 0.242 e. The number of benzene rings is 2. The third-order valence-electron chi connectivity index (χ3n) is 4.94. The quantitative estimate of drug-likeness (QED) is 0.530. The summed E-state index contributed by atoms with van der Waals surface area (Å²) in [6.45, 7) is 9.30. The van der Waals surface area contributed by atoms with Crippen LogP contribution in [0.4, 0.5) is 0 Å². The fourth-order valence-electron chi connectivity index (χ4n) is 3.18. The largest absolute Gasteiger partial charge is 0.354 e. The van der Waals surface area contributed by atoms with Crippen LogP contribution in [0.15, 0.2) is 59.5 Å². The first-order chi connectivity index (χ1) is 14.4. The van der Waals surface area contributed by atoms with E-state index in [0.29, 0.717) is 31.2 Å². The van der Waals surface area contributed by atoms with Crippen molar-refractivity contribution in [1.82, 2.24) is 10.2 Å². The van der Waals surface area contributed by atoms with Crippen molar-refractivity contribution in [3.8, 4) is 0 Å². The predicted molar refractivity (Wildman–Crippen MR) is 126 cm³/mol. The molecule has 5 heteroatoms. The second-order valence-electron chi connectivity index (χ2n) is 7.99. The Hall–Kier alpha value is -2.27. The van der Waals surface area contributed by atoms with Gasteiger partial charge in [0.05, 0.1) is 5.75 Å². The van der Waals surface area contributed by atoms with Crippen LogP contribution in [-0.2, 0) is 16.0 Å². The number of amides is 2. The van der Waals surface area contributed by atoms with Crippen molar-refractivity contribution in [1.29, 1.82) is 0 Å². The lowest BCUT2D eigenvalue weighted by atomic mass is 10.1. The molecule has 1 unspecified atom stereocenters. The van der Waals surface area contributed by atoms with Crippen LogP contribution in [0.2, 0.25) is 0 Å². The molecule has 0 aliphatic carbocycles. The van der Waals surface area contributed by atoms with Gasteiger partial charge in [0, 0.05) is 18.0 Å². The van der Waals surface area contributed by atoms with Gasteiger partial charge in [0.2, 0.25) is 11.8 Å². The molecule has 1 N–H and O–H groups in total. The maximum absolute atomic E-state index is 13.2. The Morgan fingerprint density at radius 3 is 2.30 bits per heavy atom. The fraction of sp³-hybridized carbons (Fsp3) is 0.440. The lowest BCUT2D eigenvalue weighted by Gasteiger charge is -2.31. The van der Waals surface area contributed by atoms with Crippen molar-refractivity contribution in [2.75, 3.05) is 18.8 Å². The van der Waals surface area contributed by atoms with E-state index in [1.165, 1.54) is 22.9 Å². The smallest absolute Gasteiger partial charge is 0.242 e. The van der Waals surface area contributed by atoms with Gasteiger partial charge < -0.3 is 10.2 Å². The predicted octanol–water partition coefficient (Wildman–Crippen LogP) is 4.71. The average molecular weight is 427 g/mol. The molecular formula is C25H34N2O2S. The number of nitrogens with one attached hydrogen (secondary N) is 1. The van der Waals surface area contributed by atoms with E-state index in [-0.39, 0.29) is 11.8 Å². The topological polar surface area (TPSA) is 49.4 Å². The van der Waals surface area contributed by atoms with Gasteiger partial charge in [0.1, 0.15) is 6.04 Å². The van der Waals surface area contributed by atoms with Crippen LogP contribution in [0.25, 0.3) is 0 Å². The summed E-state index contributed by atoms with van der Waals surface area (Å²) in [7, 11) is 0. The van der Waals surface area contributed by atoms with Crippen LogP contribution in [0.3, 0.4) is 0 Å². The lowest BCUT2D eigenvalue weighted by molar-refractivity contribution is -0.138. The number of carbonyl (C=O) groups excluding carboxylic acids is 2. The summed E-state index contributed by atoms with van der Waals surface area (Å²) in [6.07, 6.45) is 1.33. The average Bonchev–Trinajstić information content (AvgIpc) is 2.75. The molecular weight excluding hydrogens is 392 g/mol. The molecule has 30 heavy (non-hydrogen) atoms. The van der Waals surface area contributed by atoms with Crippen molar-refractivity contribution in [2.24, 2.45) is 5.92 Å². The highest BCUT2D eigenvalue weighted by atomic mass is 32.2. The summed E-state index contributed by atoms with van der Waals surface area (Å²) in [4.78, 5) is 28.8. The summed E-state index contributed by atoms with van der Waals surface area (Å²) in [5.41, 5.74) is 2.36. The molecule has 0 aliphatic heterocycles. The number of carbonyl (C=O) groups is 2. The van der Waals surface area contributed by atoms with E-state index >= 15 is 0 Å². The van der Waals surface area contributed by atoms with Gasteiger partial charge in [-0.25, -0.2) is 0 Å². The van der Waals surface area contributed by atoms with E-state index in [2.05, 4.69) is 31.3 Å². The van der Waals surface area contributed by atoms with Gasteiger partial charge >= 0.3 is 0 Å². The highest BCUT2D eigenvalue weighted by Gasteiger charge is 2.28. The van der Waals surface area contributed by atoms with Gasteiger partial charge in [-0.15, -0.1) is 11.8 Å². The molecule has 2 aromatic rings. The Balaban J connectivity index is 2.09. The Bertz CT molecular complexity index is 791. The van der Waals surface area contributed by atoms with Crippen LogP contribution >= 0.6 is 11.8 Å². The first-order valence-corrected chi connectivity index (χ1v) is 11.7. The molecule has 162 valence electrons. The van der Waals surface area contributed by atoms with Crippen LogP contribution < -0.4 is 5.32 Å². The molecule has 2 amide bonds. The molecule has 0 spiro atoms. The molecule has 2 rings (SSSR count). The number of hydrogen-bond donors (Lipinski definition) is 1. The molecule has 0 fully saturated rings. The summed E-state index contributed by atoms with van der Waals surface area (Å²) in [5, 5.41) is 3.01. The first-order valence-electron chi connectivity index (χ1n) is 10.7. The van der Waals surface area contributed by atoms with Gasteiger partial charge in [-0.1, -0.05) is 68.8 Å². The lowest BCUT2D eigenvalue weighted by Crippen LogP contribution is -2.51. The Kier molecular flexibility index (Phi) is 9.95. The second-order valence-corrected chi connectivity index (χ2v) is 9.04. The number of hydrogen-bond acceptors (Lipinski definition) is 3. The number of rotatable bonds is 11. The number of nitrogens with zero attached hydrogens (tertiary/aromatic N) is 1. The summed E-state index contributed by atoms with van der Waals surface area (Å²) >= 11 is 1.52. The summed E-state index contributed by atoms with van der Waals surface area (Å²) in [6, 6.07) is 17.8. The summed E-state index contributed by atoms with van der Waals surface area (Å²) < 4.78 is 0.